The molecule has 2 fully saturated rings. The highest BCUT2D eigenvalue weighted by atomic mass is 16.6. The van der Waals surface area contributed by atoms with Crippen molar-refractivity contribution in [1.29, 1.82) is 0 Å². The Bertz CT molecular complexity index is 334. The van der Waals surface area contributed by atoms with Gasteiger partial charge in [0.25, 0.3) is 0 Å². The molecule has 0 aromatic rings. The van der Waals surface area contributed by atoms with Crippen LogP contribution in [0, 0.1) is 5.92 Å². The standard InChI is InChI=1S/C16H30N2O2/c1-5-14(12-8-9-12)17-11-13-7-6-10-18(13)15(19)20-16(2,3)4/h12-14,17H,5-11H2,1-4H3. The van der Waals surface area contributed by atoms with E-state index in [0.717, 1.165) is 31.8 Å². The number of hydrogen-bond donors (Lipinski definition) is 1. The molecule has 1 aliphatic carbocycles. The monoisotopic (exact) mass is 282 g/mol. The maximum atomic E-state index is 12.2. The maximum absolute atomic E-state index is 12.2. The van der Waals surface area contributed by atoms with E-state index in [1.54, 1.807) is 0 Å². The van der Waals surface area contributed by atoms with Gasteiger partial charge in [-0.15, -0.1) is 0 Å². The van der Waals surface area contributed by atoms with Gasteiger partial charge in [0, 0.05) is 25.2 Å². The molecule has 2 rings (SSSR count). The Morgan fingerprint density at radius 2 is 2.05 bits per heavy atom. The minimum Gasteiger partial charge on any atom is -0.444 e. The van der Waals surface area contributed by atoms with Crippen LogP contribution in [0.15, 0.2) is 0 Å². The van der Waals surface area contributed by atoms with E-state index in [2.05, 4.69) is 12.2 Å². The van der Waals surface area contributed by atoms with Crippen molar-refractivity contribution in [1.82, 2.24) is 10.2 Å². The third-order valence-electron chi connectivity index (χ3n) is 4.25. The number of hydrogen-bond acceptors (Lipinski definition) is 3. The molecule has 0 aromatic heterocycles. The van der Waals surface area contributed by atoms with E-state index in [0.29, 0.717) is 12.1 Å². The van der Waals surface area contributed by atoms with E-state index >= 15 is 0 Å². The Hall–Kier alpha value is -0.770. The van der Waals surface area contributed by atoms with Gasteiger partial charge in [-0.3, -0.25) is 0 Å². The molecule has 4 nitrogen and oxygen atoms in total. The Morgan fingerprint density at radius 3 is 2.60 bits per heavy atom. The van der Waals surface area contributed by atoms with Gasteiger partial charge < -0.3 is 15.0 Å². The number of ether oxygens (including phenoxy) is 1. The van der Waals surface area contributed by atoms with Crippen LogP contribution in [0.3, 0.4) is 0 Å². The molecule has 116 valence electrons. The summed E-state index contributed by atoms with van der Waals surface area (Å²) in [5.41, 5.74) is -0.405. The fourth-order valence-corrected chi connectivity index (χ4v) is 3.04. The third kappa shape index (κ3) is 4.37. The lowest BCUT2D eigenvalue weighted by Gasteiger charge is -2.29. The quantitative estimate of drug-likeness (QED) is 0.842. The van der Waals surface area contributed by atoms with E-state index in [4.69, 9.17) is 4.74 Å². The first-order chi connectivity index (χ1) is 9.40. The third-order valence-corrected chi connectivity index (χ3v) is 4.25. The molecule has 0 spiro atoms. The zero-order valence-electron chi connectivity index (χ0n) is 13.4. The van der Waals surface area contributed by atoms with Gasteiger partial charge in [-0.25, -0.2) is 4.79 Å². The van der Waals surface area contributed by atoms with Crippen molar-refractivity contribution in [3.8, 4) is 0 Å². The fraction of sp³-hybridized carbons (Fsp3) is 0.938. The van der Waals surface area contributed by atoms with E-state index in [1.165, 1.54) is 19.3 Å². The number of likely N-dealkylation sites (tertiary alicyclic amines) is 1. The highest BCUT2D eigenvalue weighted by Crippen LogP contribution is 2.34. The lowest BCUT2D eigenvalue weighted by Crippen LogP contribution is -2.46. The molecule has 1 aliphatic heterocycles. The fourth-order valence-electron chi connectivity index (χ4n) is 3.04. The van der Waals surface area contributed by atoms with E-state index in [1.807, 2.05) is 25.7 Å². The first-order valence-corrected chi connectivity index (χ1v) is 8.13. The van der Waals surface area contributed by atoms with E-state index < -0.39 is 5.60 Å². The molecule has 20 heavy (non-hydrogen) atoms. The molecule has 2 aliphatic rings. The van der Waals surface area contributed by atoms with Crippen LogP contribution in [0.4, 0.5) is 4.79 Å². The molecule has 1 amide bonds. The predicted octanol–water partition coefficient (Wildman–Crippen LogP) is 3.16. The molecule has 1 saturated carbocycles. The van der Waals surface area contributed by atoms with Gasteiger partial charge in [-0.05, 0) is 58.8 Å². The normalized spacial score (nSPS) is 24.8. The van der Waals surface area contributed by atoms with Crippen LogP contribution in [0.25, 0.3) is 0 Å². The molecule has 1 saturated heterocycles. The summed E-state index contributed by atoms with van der Waals surface area (Å²) < 4.78 is 5.50. The van der Waals surface area contributed by atoms with Crippen molar-refractivity contribution in [2.24, 2.45) is 5.92 Å². The van der Waals surface area contributed by atoms with Crippen molar-refractivity contribution >= 4 is 6.09 Å². The van der Waals surface area contributed by atoms with Gasteiger partial charge in [0.1, 0.15) is 5.60 Å². The average Bonchev–Trinajstić information content (AvgIpc) is 3.06. The summed E-state index contributed by atoms with van der Waals surface area (Å²) in [5, 5.41) is 3.67. The highest BCUT2D eigenvalue weighted by molar-refractivity contribution is 5.69. The van der Waals surface area contributed by atoms with E-state index in [9.17, 15) is 4.79 Å². The molecule has 4 heteroatoms. The highest BCUT2D eigenvalue weighted by Gasteiger charge is 2.34. The zero-order valence-corrected chi connectivity index (χ0v) is 13.4. The van der Waals surface area contributed by atoms with Gasteiger partial charge in [0.2, 0.25) is 0 Å². The van der Waals surface area contributed by atoms with Crippen molar-refractivity contribution < 1.29 is 9.53 Å². The molecule has 0 aromatic carbocycles. The van der Waals surface area contributed by atoms with Crippen LogP contribution in [0.2, 0.25) is 0 Å². The maximum Gasteiger partial charge on any atom is 0.410 e. The summed E-state index contributed by atoms with van der Waals surface area (Å²) >= 11 is 0. The summed E-state index contributed by atoms with van der Waals surface area (Å²) in [4.78, 5) is 14.1. The summed E-state index contributed by atoms with van der Waals surface area (Å²) in [7, 11) is 0. The van der Waals surface area contributed by atoms with Crippen LogP contribution in [0.1, 0.15) is 59.8 Å². The van der Waals surface area contributed by atoms with Crippen LogP contribution in [0.5, 0.6) is 0 Å². The largest absolute Gasteiger partial charge is 0.444 e. The minimum absolute atomic E-state index is 0.152. The number of nitrogens with one attached hydrogen (secondary N) is 1. The van der Waals surface area contributed by atoms with Crippen molar-refractivity contribution in [3.63, 3.8) is 0 Å². The van der Waals surface area contributed by atoms with Crippen molar-refractivity contribution in [3.05, 3.63) is 0 Å². The van der Waals surface area contributed by atoms with Crippen LogP contribution >= 0.6 is 0 Å². The first kappa shape index (κ1) is 15.6. The second-order valence-corrected chi connectivity index (χ2v) is 7.23. The van der Waals surface area contributed by atoms with Crippen molar-refractivity contribution in [2.75, 3.05) is 13.1 Å². The molecule has 2 unspecified atom stereocenters. The number of carbonyl (C=O) groups is 1. The molecule has 0 radical (unpaired) electrons. The van der Waals surface area contributed by atoms with Crippen LogP contribution in [-0.4, -0.2) is 41.8 Å². The van der Waals surface area contributed by atoms with Gasteiger partial charge in [-0.1, -0.05) is 6.92 Å². The van der Waals surface area contributed by atoms with Crippen LogP contribution < -0.4 is 5.32 Å². The van der Waals surface area contributed by atoms with Crippen LogP contribution in [-0.2, 0) is 4.74 Å². The van der Waals surface area contributed by atoms with Gasteiger partial charge in [0.05, 0.1) is 0 Å². The topological polar surface area (TPSA) is 41.6 Å². The molecule has 2 atom stereocenters. The predicted molar refractivity (Wildman–Crippen MR) is 80.8 cm³/mol. The van der Waals surface area contributed by atoms with Gasteiger partial charge in [0.15, 0.2) is 0 Å². The summed E-state index contributed by atoms with van der Waals surface area (Å²) in [5.74, 6) is 0.872. The second kappa shape index (κ2) is 6.33. The SMILES string of the molecule is CCC(NCC1CCCN1C(=O)OC(C)(C)C)C1CC1. The number of rotatable bonds is 5. The Morgan fingerprint density at radius 1 is 1.35 bits per heavy atom. The molecule has 0 bridgehead atoms. The summed E-state index contributed by atoms with van der Waals surface area (Å²) in [6.45, 7) is 9.77. The summed E-state index contributed by atoms with van der Waals surface area (Å²) in [6.07, 6.45) is 5.95. The average molecular weight is 282 g/mol. The number of amides is 1. The zero-order chi connectivity index (χ0) is 14.8. The Kier molecular flexibility index (Phi) is 4.95. The van der Waals surface area contributed by atoms with E-state index in [-0.39, 0.29) is 6.09 Å². The molecule has 1 heterocycles. The van der Waals surface area contributed by atoms with Gasteiger partial charge >= 0.3 is 6.09 Å². The number of carbonyl (C=O) groups excluding carboxylic acids is 1. The molecule has 1 N–H and O–H groups in total. The molecular weight excluding hydrogens is 252 g/mol. The van der Waals surface area contributed by atoms with Gasteiger partial charge in [-0.2, -0.15) is 0 Å². The first-order valence-electron chi connectivity index (χ1n) is 8.13. The number of nitrogens with zero attached hydrogens (tertiary/aromatic N) is 1. The lowest BCUT2D eigenvalue weighted by atomic mass is 10.1. The summed E-state index contributed by atoms with van der Waals surface area (Å²) in [6, 6.07) is 0.939. The lowest BCUT2D eigenvalue weighted by molar-refractivity contribution is 0.0224. The molecular formula is C16H30N2O2. The Labute approximate surface area is 123 Å². The minimum atomic E-state index is -0.405. The Balaban J connectivity index is 1.82. The second-order valence-electron chi connectivity index (χ2n) is 7.23. The van der Waals surface area contributed by atoms with Crippen molar-refractivity contribution in [2.45, 2.75) is 77.5 Å². The smallest absolute Gasteiger partial charge is 0.410 e.